The Bertz CT molecular complexity index is 677. The van der Waals surface area contributed by atoms with Gasteiger partial charge in [-0.2, -0.15) is 0 Å². The van der Waals surface area contributed by atoms with Crippen molar-refractivity contribution in [3.8, 4) is 5.75 Å². The maximum Gasteiger partial charge on any atom is 0.522 e. The average Bonchev–Trinajstić information content (AvgIpc) is 2.56. The zero-order valence-corrected chi connectivity index (χ0v) is 13.8. The third-order valence-corrected chi connectivity index (χ3v) is 3.55. The van der Waals surface area contributed by atoms with Crippen molar-refractivity contribution in [3.05, 3.63) is 65.2 Å². The summed E-state index contributed by atoms with van der Waals surface area (Å²) in [6.07, 6.45) is -3.06. The molecule has 0 bridgehead atoms. The molecule has 0 aliphatic rings. The first-order valence-corrected chi connectivity index (χ1v) is 7.92. The van der Waals surface area contributed by atoms with Crippen molar-refractivity contribution in [3.63, 3.8) is 0 Å². The molecule has 134 valence electrons. The van der Waals surface area contributed by atoms with Gasteiger partial charge in [-0.05, 0) is 56.0 Å². The van der Waals surface area contributed by atoms with E-state index in [1.165, 1.54) is 0 Å². The average molecular weight is 352 g/mol. The van der Waals surface area contributed by atoms with Gasteiger partial charge in [-0.15, -0.1) is 13.2 Å². The molecule has 0 saturated heterocycles. The van der Waals surface area contributed by atoms with Crippen LogP contribution in [-0.2, 0) is 11.2 Å². The highest BCUT2D eigenvalue weighted by Gasteiger charge is 2.28. The van der Waals surface area contributed by atoms with Crippen molar-refractivity contribution >= 4 is 5.97 Å². The first kappa shape index (κ1) is 19.0. The Balaban J connectivity index is 1.79. The lowest BCUT2D eigenvalue weighted by atomic mass is 10.1. The Morgan fingerprint density at radius 3 is 2.20 bits per heavy atom. The molecule has 0 N–H and O–H groups in total. The summed E-state index contributed by atoms with van der Waals surface area (Å²) in [5.74, 6) is 0.0262. The summed E-state index contributed by atoms with van der Waals surface area (Å²) >= 11 is 0. The normalized spacial score (nSPS) is 11.4. The highest BCUT2D eigenvalue weighted by molar-refractivity contribution is 5.91. The Labute approximate surface area is 144 Å². The van der Waals surface area contributed by atoms with E-state index in [0.29, 0.717) is 30.6 Å². The van der Waals surface area contributed by atoms with E-state index in [1.807, 2.05) is 19.1 Å². The number of halogens is 3. The summed E-state index contributed by atoms with van der Waals surface area (Å²) in [5, 5.41) is 0. The molecule has 0 unspecified atom stereocenters. The molecule has 2 aromatic rings. The lowest BCUT2D eigenvalue weighted by Gasteiger charge is -2.07. The van der Waals surface area contributed by atoms with Crippen molar-refractivity contribution < 1.29 is 27.4 Å². The lowest BCUT2D eigenvalue weighted by molar-refractivity contribution is -0.324. The molecule has 0 aromatic heterocycles. The molecular weight excluding hydrogens is 333 g/mol. The second kappa shape index (κ2) is 8.67. The predicted molar refractivity (Wildman–Crippen MR) is 87.5 cm³/mol. The fourth-order valence-electron chi connectivity index (χ4n) is 2.20. The van der Waals surface area contributed by atoms with Gasteiger partial charge in [-0.3, -0.25) is 4.74 Å². The monoisotopic (exact) mass is 352 g/mol. The van der Waals surface area contributed by atoms with Crippen LogP contribution in [0.15, 0.2) is 48.5 Å². The Morgan fingerprint density at radius 2 is 1.60 bits per heavy atom. The van der Waals surface area contributed by atoms with E-state index in [4.69, 9.17) is 4.74 Å². The summed E-state index contributed by atoms with van der Waals surface area (Å²) in [4.78, 5) is 12.1. The number of hydrogen-bond donors (Lipinski definition) is 0. The Kier molecular flexibility index (Phi) is 6.58. The molecule has 2 aromatic carbocycles. The third-order valence-electron chi connectivity index (χ3n) is 3.55. The molecule has 2 rings (SSSR count). The number of carbonyl (C=O) groups is 1. The van der Waals surface area contributed by atoms with Gasteiger partial charge in [-0.25, -0.2) is 4.79 Å². The van der Waals surface area contributed by atoms with E-state index in [2.05, 4.69) is 4.74 Å². The molecule has 25 heavy (non-hydrogen) atoms. The van der Waals surface area contributed by atoms with Gasteiger partial charge in [0.2, 0.25) is 0 Å². The van der Waals surface area contributed by atoms with Crippen LogP contribution in [0.25, 0.3) is 0 Å². The number of unbranched alkanes of at least 4 members (excludes halogenated alkanes) is 1. The van der Waals surface area contributed by atoms with E-state index >= 15 is 0 Å². The fourth-order valence-corrected chi connectivity index (χ4v) is 2.20. The quantitative estimate of drug-likeness (QED) is 0.396. The summed E-state index contributed by atoms with van der Waals surface area (Å²) in [6.45, 7) is 1.60. The number of aryl methyl sites for hydroxylation is 2. The second-order valence-corrected chi connectivity index (χ2v) is 5.65. The third kappa shape index (κ3) is 6.97. The summed E-state index contributed by atoms with van der Waals surface area (Å²) < 4.78 is 44.5. The topological polar surface area (TPSA) is 35.5 Å². The van der Waals surface area contributed by atoms with Crippen LogP contribution in [0, 0.1) is 6.92 Å². The minimum Gasteiger partial charge on any atom is -0.423 e. The standard InChI is InChI=1S/C19H19F3O3/c1-14-5-11-17(12-6-14)25-18(23)16-9-7-15(8-10-16)4-2-3-13-24-19(20,21)22/h5-12H,2-4,13H2,1H3. The summed E-state index contributed by atoms with van der Waals surface area (Å²) in [5.41, 5.74) is 2.44. The number of carbonyl (C=O) groups excluding carboxylic acids is 1. The molecule has 6 heteroatoms. The molecule has 0 spiro atoms. The van der Waals surface area contributed by atoms with Gasteiger partial charge in [0.25, 0.3) is 0 Å². The number of rotatable bonds is 7. The van der Waals surface area contributed by atoms with Crippen molar-refractivity contribution in [2.75, 3.05) is 6.61 Å². The second-order valence-electron chi connectivity index (χ2n) is 5.65. The number of ether oxygens (including phenoxy) is 2. The van der Waals surface area contributed by atoms with Crippen LogP contribution < -0.4 is 4.74 Å². The largest absolute Gasteiger partial charge is 0.522 e. The molecule has 0 radical (unpaired) electrons. The minimum absolute atomic E-state index is 0.316. The smallest absolute Gasteiger partial charge is 0.423 e. The number of esters is 1. The maximum atomic E-state index is 12.1. The molecule has 0 atom stereocenters. The van der Waals surface area contributed by atoms with Gasteiger partial charge >= 0.3 is 12.3 Å². The van der Waals surface area contributed by atoms with Gasteiger partial charge in [0.15, 0.2) is 0 Å². The fraction of sp³-hybridized carbons (Fsp3) is 0.316. The van der Waals surface area contributed by atoms with Gasteiger partial charge in [0.1, 0.15) is 5.75 Å². The SMILES string of the molecule is Cc1ccc(OC(=O)c2ccc(CCCCOC(F)(F)F)cc2)cc1. The predicted octanol–water partition coefficient (Wildman–Crippen LogP) is 5.07. The molecule has 0 amide bonds. The molecule has 0 fully saturated rings. The number of hydrogen-bond acceptors (Lipinski definition) is 3. The van der Waals surface area contributed by atoms with Crippen molar-refractivity contribution in [1.82, 2.24) is 0 Å². The first-order valence-electron chi connectivity index (χ1n) is 7.92. The van der Waals surface area contributed by atoms with E-state index in [1.54, 1.807) is 36.4 Å². The van der Waals surface area contributed by atoms with Gasteiger partial charge in [0.05, 0.1) is 12.2 Å². The number of benzene rings is 2. The van der Waals surface area contributed by atoms with Crippen LogP contribution in [0.2, 0.25) is 0 Å². The van der Waals surface area contributed by atoms with Crippen LogP contribution >= 0.6 is 0 Å². The molecule has 0 aliphatic heterocycles. The first-order chi connectivity index (χ1) is 11.8. The Hall–Kier alpha value is -2.34. The van der Waals surface area contributed by atoms with E-state index in [9.17, 15) is 18.0 Å². The van der Waals surface area contributed by atoms with Gasteiger partial charge in [0, 0.05) is 0 Å². The van der Waals surface area contributed by atoms with Crippen LogP contribution in [0.3, 0.4) is 0 Å². The zero-order valence-electron chi connectivity index (χ0n) is 13.8. The Morgan fingerprint density at radius 1 is 0.960 bits per heavy atom. The van der Waals surface area contributed by atoms with Gasteiger partial charge in [-0.1, -0.05) is 29.8 Å². The summed E-state index contributed by atoms with van der Waals surface area (Å²) in [7, 11) is 0. The van der Waals surface area contributed by atoms with E-state index in [-0.39, 0.29) is 6.61 Å². The van der Waals surface area contributed by atoms with Gasteiger partial charge < -0.3 is 4.74 Å². The minimum atomic E-state index is -4.57. The molecule has 0 aliphatic carbocycles. The van der Waals surface area contributed by atoms with E-state index in [0.717, 1.165) is 11.1 Å². The zero-order chi connectivity index (χ0) is 18.3. The molecule has 0 saturated carbocycles. The van der Waals surface area contributed by atoms with Crippen molar-refractivity contribution in [2.45, 2.75) is 32.5 Å². The maximum absolute atomic E-state index is 12.1. The van der Waals surface area contributed by atoms with Crippen molar-refractivity contribution in [1.29, 1.82) is 0 Å². The highest BCUT2D eigenvalue weighted by Crippen LogP contribution is 2.17. The van der Waals surface area contributed by atoms with Crippen LogP contribution in [0.1, 0.15) is 34.3 Å². The highest BCUT2D eigenvalue weighted by atomic mass is 19.4. The summed E-state index contributed by atoms with van der Waals surface area (Å²) in [6, 6.07) is 14.0. The molecular formula is C19H19F3O3. The van der Waals surface area contributed by atoms with Crippen LogP contribution in [0.5, 0.6) is 5.75 Å². The number of alkyl halides is 3. The lowest BCUT2D eigenvalue weighted by Crippen LogP contribution is -2.14. The van der Waals surface area contributed by atoms with Crippen molar-refractivity contribution in [2.24, 2.45) is 0 Å². The molecule has 3 nitrogen and oxygen atoms in total. The van der Waals surface area contributed by atoms with Crippen LogP contribution in [-0.4, -0.2) is 18.9 Å². The molecule has 0 heterocycles. The van der Waals surface area contributed by atoms with Crippen LogP contribution in [0.4, 0.5) is 13.2 Å². The van der Waals surface area contributed by atoms with E-state index < -0.39 is 12.3 Å².